The molecule has 6 heteroatoms. The second kappa shape index (κ2) is 6.56. The number of benzene rings is 1. The number of nitrogens with zero attached hydrogens (tertiary/aromatic N) is 1. The standard InChI is InChI=1S/C13H16F3NO2/c1-3-17(9-13(14,15)16)8-10-4-6-11(7-5-10)12(18)19-2/h4-7H,3,8-9H2,1-2H3. The minimum atomic E-state index is -4.21. The van der Waals surface area contributed by atoms with Gasteiger partial charge in [0.2, 0.25) is 0 Å². The molecule has 0 amide bonds. The molecule has 1 rings (SSSR count). The minimum Gasteiger partial charge on any atom is -0.465 e. The lowest BCUT2D eigenvalue weighted by atomic mass is 10.1. The van der Waals surface area contributed by atoms with Crippen LogP contribution in [0.5, 0.6) is 0 Å². The van der Waals surface area contributed by atoms with Crippen molar-refractivity contribution >= 4 is 5.97 Å². The maximum absolute atomic E-state index is 12.3. The van der Waals surface area contributed by atoms with E-state index >= 15 is 0 Å². The molecule has 0 radical (unpaired) electrons. The van der Waals surface area contributed by atoms with Gasteiger partial charge in [0.05, 0.1) is 19.2 Å². The van der Waals surface area contributed by atoms with Crippen LogP contribution in [0.25, 0.3) is 0 Å². The van der Waals surface area contributed by atoms with Crippen molar-refractivity contribution in [1.29, 1.82) is 0 Å². The number of ether oxygens (including phenoxy) is 1. The Kier molecular flexibility index (Phi) is 5.35. The smallest absolute Gasteiger partial charge is 0.401 e. The molecule has 0 aliphatic heterocycles. The summed E-state index contributed by atoms with van der Waals surface area (Å²) in [5.41, 5.74) is 1.10. The van der Waals surface area contributed by atoms with Gasteiger partial charge in [0, 0.05) is 6.54 Å². The zero-order valence-electron chi connectivity index (χ0n) is 10.8. The fourth-order valence-corrected chi connectivity index (χ4v) is 1.66. The lowest BCUT2D eigenvalue weighted by Gasteiger charge is -2.21. The number of methoxy groups -OCH3 is 1. The maximum Gasteiger partial charge on any atom is 0.401 e. The van der Waals surface area contributed by atoms with Crippen LogP contribution in [0.2, 0.25) is 0 Å². The highest BCUT2D eigenvalue weighted by molar-refractivity contribution is 5.89. The van der Waals surface area contributed by atoms with E-state index < -0.39 is 18.7 Å². The van der Waals surface area contributed by atoms with Gasteiger partial charge in [0.25, 0.3) is 0 Å². The third-order valence-corrected chi connectivity index (χ3v) is 2.63. The zero-order chi connectivity index (χ0) is 14.5. The summed E-state index contributed by atoms with van der Waals surface area (Å²) in [6.45, 7) is 1.23. The van der Waals surface area contributed by atoms with Crippen LogP contribution >= 0.6 is 0 Å². The first-order chi connectivity index (χ1) is 8.85. The molecule has 0 aliphatic rings. The second-order valence-corrected chi connectivity index (χ2v) is 4.11. The van der Waals surface area contributed by atoms with E-state index in [4.69, 9.17) is 0 Å². The number of carbonyl (C=O) groups excluding carboxylic acids is 1. The molecule has 1 aromatic rings. The molecule has 0 saturated heterocycles. The normalized spacial score (nSPS) is 11.7. The topological polar surface area (TPSA) is 29.5 Å². The molecule has 0 fully saturated rings. The molecule has 0 heterocycles. The first kappa shape index (κ1) is 15.5. The van der Waals surface area contributed by atoms with Crippen LogP contribution in [0.4, 0.5) is 13.2 Å². The van der Waals surface area contributed by atoms with Gasteiger partial charge < -0.3 is 4.74 Å². The van der Waals surface area contributed by atoms with Crippen molar-refractivity contribution in [2.24, 2.45) is 0 Å². The SMILES string of the molecule is CCN(Cc1ccc(C(=O)OC)cc1)CC(F)(F)F. The van der Waals surface area contributed by atoms with E-state index in [1.165, 1.54) is 12.0 Å². The van der Waals surface area contributed by atoms with Gasteiger partial charge in [-0.15, -0.1) is 0 Å². The number of halogens is 3. The molecular weight excluding hydrogens is 259 g/mol. The molecule has 3 nitrogen and oxygen atoms in total. The van der Waals surface area contributed by atoms with Gasteiger partial charge in [-0.25, -0.2) is 4.79 Å². The fourth-order valence-electron chi connectivity index (χ4n) is 1.66. The van der Waals surface area contributed by atoms with Crippen LogP contribution in [0.3, 0.4) is 0 Å². The monoisotopic (exact) mass is 275 g/mol. The van der Waals surface area contributed by atoms with Gasteiger partial charge in [-0.05, 0) is 24.2 Å². The average Bonchev–Trinajstić information content (AvgIpc) is 2.36. The number of esters is 1. The Bertz CT molecular complexity index is 415. The van der Waals surface area contributed by atoms with Crippen LogP contribution in [-0.2, 0) is 11.3 Å². The largest absolute Gasteiger partial charge is 0.465 e. The number of hydrogen-bond donors (Lipinski definition) is 0. The molecule has 0 unspecified atom stereocenters. The molecule has 1 aromatic carbocycles. The molecule has 0 bridgehead atoms. The van der Waals surface area contributed by atoms with E-state index in [0.29, 0.717) is 12.1 Å². The van der Waals surface area contributed by atoms with Gasteiger partial charge in [0.1, 0.15) is 0 Å². The second-order valence-electron chi connectivity index (χ2n) is 4.11. The lowest BCUT2D eigenvalue weighted by Crippen LogP contribution is -2.33. The van der Waals surface area contributed by atoms with Crippen LogP contribution in [0.1, 0.15) is 22.8 Å². The number of rotatable bonds is 5. The van der Waals surface area contributed by atoms with E-state index in [1.807, 2.05) is 0 Å². The zero-order valence-corrected chi connectivity index (χ0v) is 10.8. The highest BCUT2D eigenvalue weighted by Gasteiger charge is 2.29. The first-order valence-electron chi connectivity index (χ1n) is 5.82. The summed E-state index contributed by atoms with van der Waals surface area (Å²) in [6.07, 6.45) is -4.21. The summed E-state index contributed by atoms with van der Waals surface area (Å²) in [7, 11) is 1.28. The first-order valence-corrected chi connectivity index (χ1v) is 5.82. The summed E-state index contributed by atoms with van der Waals surface area (Å²) in [6, 6.07) is 6.35. The lowest BCUT2D eigenvalue weighted by molar-refractivity contribution is -0.146. The van der Waals surface area contributed by atoms with Gasteiger partial charge in [0.15, 0.2) is 0 Å². The molecule has 0 aromatic heterocycles. The quantitative estimate of drug-likeness (QED) is 0.774. The Morgan fingerprint density at radius 3 is 2.26 bits per heavy atom. The Balaban J connectivity index is 2.68. The van der Waals surface area contributed by atoms with Gasteiger partial charge in [-0.1, -0.05) is 19.1 Å². The van der Waals surface area contributed by atoms with Crippen molar-refractivity contribution in [1.82, 2.24) is 4.90 Å². The Morgan fingerprint density at radius 2 is 1.84 bits per heavy atom. The molecule has 0 saturated carbocycles. The summed E-state index contributed by atoms with van der Waals surface area (Å²) in [4.78, 5) is 12.5. The summed E-state index contributed by atoms with van der Waals surface area (Å²) < 4.78 is 41.5. The van der Waals surface area contributed by atoms with Crippen molar-refractivity contribution in [2.45, 2.75) is 19.6 Å². The van der Waals surface area contributed by atoms with Crippen LogP contribution in [0, 0.1) is 0 Å². The maximum atomic E-state index is 12.3. The third-order valence-electron chi connectivity index (χ3n) is 2.63. The van der Waals surface area contributed by atoms with Crippen molar-refractivity contribution in [3.63, 3.8) is 0 Å². The van der Waals surface area contributed by atoms with Gasteiger partial charge >= 0.3 is 12.1 Å². The summed E-state index contributed by atoms with van der Waals surface area (Å²) >= 11 is 0. The van der Waals surface area contributed by atoms with Crippen LogP contribution in [-0.4, -0.2) is 37.2 Å². The predicted molar refractivity (Wildman–Crippen MR) is 64.8 cm³/mol. The van der Waals surface area contributed by atoms with Gasteiger partial charge in [-0.2, -0.15) is 13.2 Å². The molecule has 0 aliphatic carbocycles. The number of carbonyl (C=O) groups is 1. The van der Waals surface area contributed by atoms with Crippen molar-refractivity contribution in [3.8, 4) is 0 Å². The Labute approximate surface area is 110 Å². The van der Waals surface area contributed by atoms with Crippen LogP contribution < -0.4 is 0 Å². The summed E-state index contributed by atoms with van der Waals surface area (Å²) in [5, 5.41) is 0. The van der Waals surface area contributed by atoms with Crippen molar-refractivity contribution in [3.05, 3.63) is 35.4 Å². The molecule has 0 N–H and O–H groups in total. The molecule has 0 spiro atoms. The van der Waals surface area contributed by atoms with Crippen LogP contribution in [0.15, 0.2) is 24.3 Å². The van der Waals surface area contributed by atoms with E-state index in [1.54, 1.807) is 31.2 Å². The average molecular weight is 275 g/mol. The molecule has 19 heavy (non-hydrogen) atoms. The fraction of sp³-hybridized carbons (Fsp3) is 0.462. The molecular formula is C13H16F3NO2. The van der Waals surface area contributed by atoms with E-state index in [9.17, 15) is 18.0 Å². The van der Waals surface area contributed by atoms with Crippen molar-refractivity contribution < 1.29 is 22.7 Å². The Hall–Kier alpha value is -1.56. The molecule has 0 atom stereocenters. The number of alkyl halides is 3. The predicted octanol–water partition coefficient (Wildman–Crippen LogP) is 2.86. The number of hydrogen-bond acceptors (Lipinski definition) is 3. The van der Waals surface area contributed by atoms with E-state index in [2.05, 4.69) is 4.74 Å². The van der Waals surface area contributed by atoms with Gasteiger partial charge in [-0.3, -0.25) is 4.90 Å². The van der Waals surface area contributed by atoms with E-state index in [-0.39, 0.29) is 6.54 Å². The highest BCUT2D eigenvalue weighted by atomic mass is 19.4. The summed E-state index contributed by atoms with van der Waals surface area (Å²) in [5.74, 6) is -0.464. The van der Waals surface area contributed by atoms with E-state index in [0.717, 1.165) is 5.56 Å². The minimum absolute atomic E-state index is 0.192. The van der Waals surface area contributed by atoms with Crippen molar-refractivity contribution in [2.75, 3.05) is 20.2 Å². The Morgan fingerprint density at radius 1 is 1.26 bits per heavy atom. The highest BCUT2D eigenvalue weighted by Crippen LogP contribution is 2.18. The third kappa shape index (κ3) is 5.30. The molecule has 106 valence electrons.